The number of hydrogen-bond acceptors (Lipinski definition) is 3. The molecular weight excluding hydrogens is 302 g/mol. The molecule has 0 aliphatic carbocycles. The van der Waals surface area contributed by atoms with Gasteiger partial charge in [0.2, 0.25) is 0 Å². The fraction of sp³-hybridized carbons (Fsp3) is 0.417. The number of rotatable bonds is 6. The van der Waals surface area contributed by atoms with E-state index >= 15 is 0 Å². The topological polar surface area (TPSA) is 49.3 Å². The second kappa shape index (κ2) is 7.61. The largest absolute Gasteiger partial charge is 0.507 e. The van der Waals surface area contributed by atoms with Crippen LogP contribution in [0.3, 0.4) is 0 Å². The van der Waals surface area contributed by atoms with Crippen molar-refractivity contribution in [2.45, 2.75) is 12.8 Å². The zero-order valence-corrected chi connectivity index (χ0v) is 12.1. The maximum absolute atomic E-state index is 11.7. The average molecular weight is 318 g/mol. The number of phenolic OH excluding ortho intramolecular Hbond substituents is 1. The second-order valence-electron chi connectivity index (χ2n) is 3.62. The number of carbonyl (C=O) groups excluding carboxylic acids is 1. The highest BCUT2D eigenvalue weighted by Crippen LogP contribution is 2.24. The van der Waals surface area contributed by atoms with Crippen LogP contribution >= 0.6 is 27.7 Å². The summed E-state index contributed by atoms with van der Waals surface area (Å²) >= 11 is 4.98. The lowest BCUT2D eigenvalue weighted by molar-refractivity contribution is 0.0953. The molecule has 0 aliphatic rings. The molecule has 0 fully saturated rings. The minimum absolute atomic E-state index is 0.0834. The Hall–Kier alpha value is -0.680. The standard InChI is InChI=1S/C12H16BrNO2S/c1-17-7-3-2-6-14-12(16)9-4-5-10(13)11(15)8-9/h4-5,8,15H,2-3,6-7H2,1H3,(H,14,16). The van der Waals surface area contributed by atoms with Gasteiger partial charge in [-0.1, -0.05) is 0 Å². The van der Waals surface area contributed by atoms with Gasteiger partial charge in [0.15, 0.2) is 0 Å². The highest BCUT2D eigenvalue weighted by Gasteiger charge is 2.07. The first-order valence-electron chi connectivity index (χ1n) is 5.41. The zero-order chi connectivity index (χ0) is 12.7. The summed E-state index contributed by atoms with van der Waals surface area (Å²) in [5.74, 6) is 1.06. The minimum Gasteiger partial charge on any atom is -0.507 e. The minimum atomic E-state index is -0.142. The van der Waals surface area contributed by atoms with Crippen LogP contribution in [-0.2, 0) is 0 Å². The molecule has 0 aliphatic heterocycles. The summed E-state index contributed by atoms with van der Waals surface area (Å²) < 4.78 is 0.592. The Labute approximate surface area is 114 Å². The van der Waals surface area contributed by atoms with Gasteiger partial charge in [-0.05, 0) is 59.0 Å². The quantitative estimate of drug-likeness (QED) is 0.793. The molecule has 17 heavy (non-hydrogen) atoms. The molecule has 1 amide bonds. The third-order valence-corrected chi connectivity index (χ3v) is 3.64. The van der Waals surface area contributed by atoms with Crippen molar-refractivity contribution in [1.29, 1.82) is 0 Å². The molecule has 0 bridgehead atoms. The summed E-state index contributed by atoms with van der Waals surface area (Å²) in [6, 6.07) is 4.81. The molecular formula is C12H16BrNO2S. The number of halogens is 1. The first-order valence-corrected chi connectivity index (χ1v) is 7.59. The van der Waals surface area contributed by atoms with Crippen molar-refractivity contribution in [3.8, 4) is 5.75 Å². The third-order valence-electron chi connectivity index (χ3n) is 2.27. The Bertz CT molecular complexity index is 385. The van der Waals surface area contributed by atoms with E-state index in [9.17, 15) is 9.90 Å². The maximum Gasteiger partial charge on any atom is 0.251 e. The second-order valence-corrected chi connectivity index (χ2v) is 5.46. The summed E-state index contributed by atoms with van der Waals surface area (Å²) in [5.41, 5.74) is 0.482. The number of hydrogen-bond donors (Lipinski definition) is 2. The number of nitrogens with one attached hydrogen (secondary N) is 1. The first kappa shape index (κ1) is 14.4. The lowest BCUT2D eigenvalue weighted by Gasteiger charge is -2.06. The Morgan fingerprint density at radius 2 is 2.24 bits per heavy atom. The molecule has 94 valence electrons. The highest BCUT2D eigenvalue weighted by atomic mass is 79.9. The van der Waals surface area contributed by atoms with Gasteiger partial charge in [0, 0.05) is 12.1 Å². The van der Waals surface area contributed by atoms with Crippen LogP contribution in [0.25, 0.3) is 0 Å². The molecule has 0 spiro atoms. The van der Waals surface area contributed by atoms with Crippen LogP contribution < -0.4 is 5.32 Å². The monoisotopic (exact) mass is 317 g/mol. The predicted octanol–water partition coefficient (Wildman–Crippen LogP) is 3.03. The van der Waals surface area contributed by atoms with Gasteiger partial charge < -0.3 is 10.4 Å². The van der Waals surface area contributed by atoms with E-state index < -0.39 is 0 Å². The van der Waals surface area contributed by atoms with Crippen LogP contribution in [0.15, 0.2) is 22.7 Å². The summed E-state index contributed by atoms with van der Waals surface area (Å²) in [5, 5.41) is 12.3. The SMILES string of the molecule is CSCCCCNC(=O)c1ccc(Br)c(O)c1. The molecule has 3 nitrogen and oxygen atoms in total. The number of phenols is 1. The molecule has 1 aromatic rings. The van der Waals surface area contributed by atoms with Gasteiger partial charge in [0.1, 0.15) is 5.75 Å². The number of amides is 1. The van der Waals surface area contributed by atoms with Crippen LogP contribution in [0.5, 0.6) is 5.75 Å². The maximum atomic E-state index is 11.7. The average Bonchev–Trinajstić information content (AvgIpc) is 2.32. The molecule has 0 saturated carbocycles. The molecule has 0 heterocycles. The molecule has 1 aromatic carbocycles. The fourth-order valence-electron chi connectivity index (χ4n) is 1.33. The van der Waals surface area contributed by atoms with Gasteiger partial charge in [-0.2, -0.15) is 11.8 Å². The van der Waals surface area contributed by atoms with Crippen LogP contribution in [-0.4, -0.2) is 29.6 Å². The molecule has 2 N–H and O–H groups in total. The van der Waals surface area contributed by atoms with Crippen molar-refractivity contribution < 1.29 is 9.90 Å². The number of carbonyl (C=O) groups is 1. The Morgan fingerprint density at radius 1 is 1.47 bits per heavy atom. The van der Waals surface area contributed by atoms with Gasteiger partial charge in [-0.25, -0.2) is 0 Å². The van der Waals surface area contributed by atoms with E-state index in [1.165, 1.54) is 6.07 Å². The van der Waals surface area contributed by atoms with Crippen molar-refractivity contribution in [2.75, 3.05) is 18.6 Å². The predicted molar refractivity (Wildman–Crippen MR) is 75.8 cm³/mol. The van der Waals surface area contributed by atoms with Crippen LogP contribution in [0, 0.1) is 0 Å². The van der Waals surface area contributed by atoms with Gasteiger partial charge >= 0.3 is 0 Å². The van der Waals surface area contributed by atoms with Crippen LogP contribution in [0.2, 0.25) is 0 Å². The molecule has 0 saturated heterocycles. The van der Waals surface area contributed by atoms with Gasteiger partial charge in [0.05, 0.1) is 4.47 Å². The molecule has 5 heteroatoms. The Morgan fingerprint density at radius 3 is 2.88 bits per heavy atom. The van der Waals surface area contributed by atoms with Gasteiger partial charge in [-0.15, -0.1) is 0 Å². The summed E-state index contributed by atoms with van der Waals surface area (Å²) in [7, 11) is 0. The van der Waals surface area contributed by atoms with E-state index in [-0.39, 0.29) is 11.7 Å². The lowest BCUT2D eigenvalue weighted by atomic mass is 10.2. The van der Waals surface area contributed by atoms with E-state index in [0.717, 1.165) is 18.6 Å². The van der Waals surface area contributed by atoms with Crippen molar-refractivity contribution in [2.24, 2.45) is 0 Å². The number of benzene rings is 1. The van der Waals surface area contributed by atoms with Crippen molar-refractivity contribution >= 4 is 33.6 Å². The van der Waals surface area contributed by atoms with E-state index in [1.54, 1.807) is 12.1 Å². The summed E-state index contributed by atoms with van der Waals surface area (Å²) in [6.07, 6.45) is 4.16. The molecule has 1 rings (SSSR count). The van der Waals surface area contributed by atoms with Crippen molar-refractivity contribution in [3.05, 3.63) is 28.2 Å². The lowest BCUT2D eigenvalue weighted by Crippen LogP contribution is -2.24. The van der Waals surface area contributed by atoms with Gasteiger partial charge in [0.25, 0.3) is 5.91 Å². The third kappa shape index (κ3) is 5.00. The molecule has 0 unspecified atom stereocenters. The molecule has 0 radical (unpaired) electrons. The summed E-state index contributed by atoms with van der Waals surface area (Å²) in [4.78, 5) is 11.7. The Balaban J connectivity index is 2.39. The number of thioether (sulfide) groups is 1. The number of unbranched alkanes of at least 4 members (excludes halogenated alkanes) is 1. The van der Waals surface area contributed by atoms with Crippen LogP contribution in [0.1, 0.15) is 23.2 Å². The van der Waals surface area contributed by atoms with E-state index in [4.69, 9.17) is 0 Å². The van der Waals surface area contributed by atoms with Crippen molar-refractivity contribution in [1.82, 2.24) is 5.32 Å². The molecule has 0 aromatic heterocycles. The Kier molecular flexibility index (Phi) is 6.44. The first-order chi connectivity index (χ1) is 8.15. The van der Waals surface area contributed by atoms with Crippen molar-refractivity contribution in [3.63, 3.8) is 0 Å². The zero-order valence-electron chi connectivity index (χ0n) is 9.70. The van der Waals surface area contributed by atoms with Gasteiger partial charge in [-0.3, -0.25) is 4.79 Å². The van der Waals surface area contributed by atoms with E-state index in [1.807, 2.05) is 11.8 Å². The number of aromatic hydroxyl groups is 1. The normalized spacial score (nSPS) is 10.2. The van der Waals surface area contributed by atoms with Crippen LogP contribution in [0.4, 0.5) is 0 Å². The van der Waals surface area contributed by atoms with E-state index in [2.05, 4.69) is 27.5 Å². The van der Waals surface area contributed by atoms with E-state index in [0.29, 0.717) is 16.6 Å². The summed E-state index contributed by atoms with van der Waals surface area (Å²) in [6.45, 7) is 0.677. The smallest absolute Gasteiger partial charge is 0.251 e. The fourth-order valence-corrected chi connectivity index (χ4v) is 2.07. The highest BCUT2D eigenvalue weighted by molar-refractivity contribution is 9.10. The molecule has 0 atom stereocenters.